The molecule has 1 fully saturated rings. The third kappa shape index (κ3) is 5.07. The first-order chi connectivity index (χ1) is 9.95. The Labute approximate surface area is 136 Å². The first-order valence-corrected chi connectivity index (χ1v) is 8.92. The van der Waals surface area contributed by atoms with Crippen molar-refractivity contribution in [3.8, 4) is 0 Å². The minimum absolute atomic E-state index is 0.131. The molecule has 3 heteroatoms. The second-order valence-corrected chi connectivity index (χ2v) is 7.80. The van der Waals surface area contributed by atoms with Crippen LogP contribution in [-0.2, 0) is 6.42 Å². The normalized spacial score (nSPS) is 26.3. The van der Waals surface area contributed by atoms with Gasteiger partial charge in [0.05, 0.1) is 0 Å². The summed E-state index contributed by atoms with van der Waals surface area (Å²) in [5.74, 6) is 2.02. The Morgan fingerprint density at radius 1 is 1.29 bits per heavy atom. The lowest BCUT2D eigenvalue weighted by Crippen LogP contribution is -2.36. The van der Waals surface area contributed by atoms with E-state index in [1.165, 1.54) is 25.3 Å². The fourth-order valence-corrected chi connectivity index (χ4v) is 3.86. The molecule has 1 aromatic carbocycles. The summed E-state index contributed by atoms with van der Waals surface area (Å²) >= 11 is 3.57. The zero-order valence-electron chi connectivity index (χ0n) is 13.3. The van der Waals surface area contributed by atoms with Gasteiger partial charge in [0.1, 0.15) is 5.82 Å². The molecule has 1 aliphatic rings. The van der Waals surface area contributed by atoms with Crippen molar-refractivity contribution >= 4 is 15.9 Å². The first-order valence-electron chi connectivity index (χ1n) is 8.13. The highest BCUT2D eigenvalue weighted by Gasteiger charge is 2.29. The molecule has 1 aliphatic carbocycles. The van der Waals surface area contributed by atoms with Crippen LogP contribution < -0.4 is 5.32 Å². The molecule has 1 nitrogen and oxygen atoms in total. The van der Waals surface area contributed by atoms with E-state index in [0.717, 1.165) is 28.9 Å². The molecule has 0 spiro atoms. The van der Waals surface area contributed by atoms with E-state index in [2.05, 4.69) is 42.0 Å². The zero-order chi connectivity index (χ0) is 15.4. The van der Waals surface area contributed by atoms with Crippen LogP contribution in [0.3, 0.4) is 0 Å². The molecular formula is C18H27BrFN. The SMILES string of the molecule is CC1CCC(CNC(C)C)C(Cc2cc(F)ccc2Br)C1. The minimum Gasteiger partial charge on any atom is -0.314 e. The van der Waals surface area contributed by atoms with Crippen molar-refractivity contribution < 1.29 is 4.39 Å². The molecule has 3 unspecified atom stereocenters. The molecule has 0 radical (unpaired) electrons. The van der Waals surface area contributed by atoms with Gasteiger partial charge >= 0.3 is 0 Å². The van der Waals surface area contributed by atoms with Crippen LogP contribution in [0.15, 0.2) is 22.7 Å². The quantitative estimate of drug-likeness (QED) is 0.766. The van der Waals surface area contributed by atoms with Crippen LogP contribution >= 0.6 is 15.9 Å². The topological polar surface area (TPSA) is 12.0 Å². The molecule has 2 rings (SSSR count). The molecule has 21 heavy (non-hydrogen) atoms. The fraction of sp³-hybridized carbons (Fsp3) is 0.667. The highest BCUT2D eigenvalue weighted by atomic mass is 79.9. The third-order valence-electron chi connectivity index (χ3n) is 4.68. The Balaban J connectivity index is 2.07. The number of nitrogens with one attached hydrogen (secondary N) is 1. The maximum absolute atomic E-state index is 13.5. The second-order valence-electron chi connectivity index (χ2n) is 6.94. The van der Waals surface area contributed by atoms with Crippen molar-refractivity contribution in [2.75, 3.05) is 6.54 Å². The standard InChI is InChI=1S/C18H27BrFN/c1-12(2)21-11-14-5-4-13(3)8-15(14)9-16-10-17(20)6-7-18(16)19/h6-7,10,12-15,21H,4-5,8-9,11H2,1-3H3. The maximum atomic E-state index is 13.5. The van der Waals surface area contributed by atoms with Gasteiger partial charge in [-0.05, 0) is 67.3 Å². The van der Waals surface area contributed by atoms with Crippen LogP contribution in [0.5, 0.6) is 0 Å². The fourth-order valence-electron chi connectivity index (χ4n) is 3.45. The summed E-state index contributed by atoms with van der Waals surface area (Å²) in [6, 6.07) is 5.58. The van der Waals surface area contributed by atoms with E-state index in [0.29, 0.717) is 17.9 Å². The van der Waals surface area contributed by atoms with Crippen LogP contribution in [-0.4, -0.2) is 12.6 Å². The Hall–Kier alpha value is -0.410. The van der Waals surface area contributed by atoms with E-state index in [9.17, 15) is 4.39 Å². The van der Waals surface area contributed by atoms with Gasteiger partial charge in [-0.25, -0.2) is 4.39 Å². The molecule has 0 aromatic heterocycles. The number of hydrogen-bond donors (Lipinski definition) is 1. The summed E-state index contributed by atoms with van der Waals surface area (Å²) in [6.07, 6.45) is 4.85. The molecule has 1 aromatic rings. The summed E-state index contributed by atoms with van der Waals surface area (Å²) in [6.45, 7) is 7.83. The third-order valence-corrected chi connectivity index (χ3v) is 5.45. The molecule has 0 amide bonds. The Morgan fingerprint density at radius 2 is 2.05 bits per heavy atom. The first kappa shape index (κ1) is 17.0. The van der Waals surface area contributed by atoms with E-state index in [4.69, 9.17) is 0 Å². The largest absolute Gasteiger partial charge is 0.314 e. The van der Waals surface area contributed by atoms with Crippen molar-refractivity contribution in [3.63, 3.8) is 0 Å². The van der Waals surface area contributed by atoms with Crippen LogP contribution in [0.25, 0.3) is 0 Å². The summed E-state index contributed by atoms with van der Waals surface area (Å²) in [5.41, 5.74) is 1.11. The molecular weight excluding hydrogens is 329 g/mol. The smallest absolute Gasteiger partial charge is 0.123 e. The lowest BCUT2D eigenvalue weighted by molar-refractivity contribution is 0.181. The predicted octanol–water partition coefficient (Wildman–Crippen LogP) is 5.18. The maximum Gasteiger partial charge on any atom is 0.123 e. The number of benzene rings is 1. The highest BCUT2D eigenvalue weighted by Crippen LogP contribution is 2.36. The van der Waals surface area contributed by atoms with E-state index in [1.54, 1.807) is 6.07 Å². The van der Waals surface area contributed by atoms with Crippen molar-refractivity contribution in [1.29, 1.82) is 0 Å². The van der Waals surface area contributed by atoms with Gasteiger partial charge in [0, 0.05) is 10.5 Å². The molecule has 0 aliphatic heterocycles. The predicted molar refractivity (Wildman–Crippen MR) is 90.9 cm³/mol. The van der Waals surface area contributed by atoms with Gasteiger partial charge in [0.25, 0.3) is 0 Å². The van der Waals surface area contributed by atoms with Crippen LogP contribution in [0.2, 0.25) is 0 Å². The van der Waals surface area contributed by atoms with E-state index < -0.39 is 0 Å². The Kier molecular flexibility index (Phi) is 6.24. The molecule has 118 valence electrons. The number of halogens is 2. The van der Waals surface area contributed by atoms with Gasteiger partial charge < -0.3 is 5.32 Å². The molecule has 0 bridgehead atoms. The Bertz CT molecular complexity index is 461. The molecule has 1 saturated carbocycles. The van der Waals surface area contributed by atoms with Gasteiger partial charge in [-0.1, -0.05) is 43.1 Å². The van der Waals surface area contributed by atoms with Gasteiger partial charge in [-0.2, -0.15) is 0 Å². The van der Waals surface area contributed by atoms with Gasteiger partial charge in [0.15, 0.2) is 0 Å². The average Bonchev–Trinajstić information content (AvgIpc) is 2.42. The monoisotopic (exact) mass is 355 g/mol. The minimum atomic E-state index is -0.131. The zero-order valence-corrected chi connectivity index (χ0v) is 14.9. The summed E-state index contributed by atoms with van der Waals surface area (Å²) in [7, 11) is 0. The lowest BCUT2D eigenvalue weighted by atomic mass is 9.72. The molecule has 0 heterocycles. The van der Waals surface area contributed by atoms with E-state index in [1.807, 2.05) is 6.07 Å². The van der Waals surface area contributed by atoms with Gasteiger partial charge in [0.2, 0.25) is 0 Å². The van der Waals surface area contributed by atoms with Crippen molar-refractivity contribution in [2.24, 2.45) is 17.8 Å². The van der Waals surface area contributed by atoms with Crippen LogP contribution in [0.1, 0.15) is 45.6 Å². The Morgan fingerprint density at radius 3 is 2.76 bits per heavy atom. The van der Waals surface area contributed by atoms with Crippen molar-refractivity contribution in [1.82, 2.24) is 5.32 Å². The summed E-state index contributed by atoms with van der Waals surface area (Å²) in [5, 5.41) is 3.59. The van der Waals surface area contributed by atoms with Crippen LogP contribution in [0, 0.1) is 23.6 Å². The lowest BCUT2D eigenvalue weighted by Gasteiger charge is -2.36. The number of hydrogen-bond acceptors (Lipinski definition) is 1. The second kappa shape index (κ2) is 7.73. The molecule has 1 N–H and O–H groups in total. The van der Waals surface area contributed by atoms with E-state index in [-0.39, 0.29) is 5.82 Å². The van der Waals surface area contributed by atoms with E-state index >= 15 is 0 Å². The summed E-state index contributed by atoms with van der Waals surface area (Å²) < 4.78 is 14.5. The van der Waals surface area contributed by atoms with Crippen molar-refractivity contribution in [2.45, 2.75) is 52.5 Å². The van der Waals surface area contributed by atoms with Crippen molar-refractivity contribution in [3.05, 3.63) is 34.1 Å². The van der Waals surface area contributed by atoms with Gasteiger partial charge in [-0.3, -0.25) is 0 Å². The van der Waals surface area contributed by atoms with Gasteiger partial charge in [-0.15, -0.1) is 0 Å². The number of rotatable bonds is 5. The summed E-state index contributed by atoms with van der Waals surface area (Å²) in [4.78, 5) is 0. The van der Waals surface area contributed by atoms with Crippen LogP contribution in [0.4, 0.5) is 4.39 Å². The average molecular weight is 356 g/mol. The highest BCUT2D eigenvalue weighted by molar-refractivity contribution is 9.10. The molecule has 3 atom stereocenters. The molecule has 0 saturated heterocycles.